The van der Waals surface area contributed by atoms with Gasteiger partial charge in [0.1, 0.15) is 0 Å². The first-order valence-electron chi connectivity index (χ1n) is 7.40. The van der Waals surface area contributed by atoms with Crippen LogP contribution in [0.25, 0.3) is 0 Å². The average molecular weight is 276 g/mol. The lowest BCUT2D eigenvalue weighted by Crippen LogP contribution is -2.31. The summed E-state index contributed by atoms with van der Waals surface area (Å²) in [5.41, 5.74) is 5.38. The van der Waals surface area contributed by atoms with Gasteiger partial charge in [-0.15, -0.1) is 0 Å². The molecule has 2 nitrogen and oxygen atoms in total. The first-order chi connectivity index (χ1) is 9.17. The maximum Gasteiger partial charge on any atom is 0.171 e. The minimum absolute atomic E-state index is 0.602. The van der Waals surface area contributed by atoms with Gasteiger partial charge >= 0.3 is 0 Å². The van der Waals surface area contributed by atoms with Crippen LogP contribution in [0.5, 0.6) is 0 Å². The maximum absolute atomic E-state index is 5.41. The van der Waals surface area contributed by atoms with Gasteiger partial charge in [0.15, 0.2) is 5.11 Å². The van der Waals surface area contributed by atoms with Crippen molar-refractivity contribution in [3.8, 4) is 0 Å². The van der Waals surface area contributed by atoms with Gasteiger partial charge < -0.3 is 10.6 Å². The molecule has 2 rings (SSSR count). The van der Waals surface area contributed by atoms with Crippen LogP contribution in [0.3, 0.4) is 0 Å². The van der Waals surface area contributed by atoms with Crippen molar-refractivity contribution in [3.63, 3.8) is 0 Å². The van der Waals surface area contributed by atoms with Gasteiger partial charge in [-0.25, -0.2) is 0 Å². The van der Waals surface area contributed by atoms with E-state index in [1.165, 1.54) is 35.2 Å². The second-order valence-corrected chi connectivity index (χ2v) is 5.63. The van der Waals surface area contributed by atoms with Crippen LogP contribution in [-0.4, -0.2) is 11.2 Å². The summed E-state index contributed by atoms with van der Waals surface area (Å²) in [6.45, 7) is 6.62. The smallest absolute Gasteiger partial charge is 0.171 e. The molecule has 19 heavy (non-hydrogen) atoms. The second kappa shape index (κ2) is 6.38. The van der Waals surface area contributed by atoms with Gasteiger partial charge in [-0.1, -0.05) is 32.9 Å². The summed E-state index contributed by atoms with van der Waals surface area (Å²) in [6.07, 6.45) is 5.66. The summed E-state index contributed by atoms with van der Waals surface area (Å²) in [4.78, 5) is 0. The summed E-state index contributed by atoms with van der Waals surface area (Å²) >= 11 is 5.41. The van der Waals surface area contributed by atoms with E-state index < -0.39 is 0 Å². The third kappa shape index (κ3) is 3.69. The molecule has 0 amide bonds. The fraction of sp³-hybridized carbons (Fsp3) is 0.562. The lowest BCUT2D eigenvalue weighted by Gasteiger charge is -2.18. The van der Waals surface area contributed by atoms with Gasteiger partial charge in [-0.05, 0) is 61.0 Å². The van der Waals surface area contributed by atoms with E-state index in [1.807, 2.05) is 0 Å². The number of benzene rings is 1. The van der Waals surface area contributed by atoms with Crippen LogP contribution in [0.1, 0.15) is 50.3 Å². The Morgan fingerprint density at radius 3 is 2.11 bits per heavy atom. The van der Waals surface area contributed by atoms with Crippen LogP contribution in [0.4, 0.5) is 5.69 Å². The Morgan fingerprint density at radius 1 is 1.11 bits per heavy atom. The molecule has 0 aromatic heterocycles. The Bertz CT molecular complexity index is 439. The summed E-state index contributed by atoms with van der Waals surface area (Å²) < 4.78 is 0. The molecule has 0 bridgehead atoms. The van der Waals surface area contributed by atoms with Crippen LogP contribution in [-0.2, 0) is 19.3 Å². The minimum atomic E-state index is 0.602. The van der Waals surface area contributed by atoms with Crippen molar-refractivity contribution >= 4 is 23.0 Å². The normalized spacial score (nSPS) is 14.3. The number of anilines is 1. The molecule has 3 heteroatoms. The topological polar surface area (TPSA) is 24.1 Å². The van der Waals surface area contributed by atoms with E-state index in [-0.39, 0.29) is 0 Å². The quantitative estimate of drug-likeness (QED) is 0.799. The summed E-state index contributed by atoms with van der Waals surface area (Å²) in [7, 11) is 0. The maximum atomic E-state index is 5.41. The van der Waals surface area contributed by atoms with Crippen LogP contribution in [0.2, 0.25) is 0 Å². The standard InChI is InChI=1S/C16H24N2S/c1-4-11-9-12(5-2)15(13(6-3)10-11)18-16(19)17-14-7-8-14/h9-10,14H,4-8H2,1-3H3,(H2,17,18,19). The van der Waals surface area contributed by atoms with Gasteiger partial charge in [0.25, 0.3) is 0 Å². The molecular formula is C16H24N2S. The predicted molar refractivity (Wildman–Crippen MR) is 87.0 cm³/mol. The summed E-state index contributed by atoms with van der Waals surface area (Å²) in [5.74, 6) is 0. The zero-order chi connectivity index (χ0) is 13.8. The Kier molecular flexibility index (Phi) is 4.81. The number of hydrogen-bond acceptors (Lipinski definition) is 1. The Labute approximate surface area is 122 Å². The van der Waals surface area contributed by atoms with Crippen molar-refractivity contribution < 1.29 is 0 Å². The van der Waals surface area contributed by atoms with Gasteiger partial charge in [-0.2, -0.15) is 0 Å². The summed E-state index contributed by atoms with van der Waals surface area (Å²) in [5, 5.41) is 7.55. The van der Waals surface area contributed by atoms with E-state index in [1.54, 1.807) is 0 Å². The molecule has 1 aliphatic rings. The molecule has 0 aliphatic heterocycles. The van der Waals surface area contributed by atoms with Gasteiger partial charge in [0.2, 0.25) is 0 Å². The van der Waals surface area contributed by atoms with Crippen molar-refractivity contribution in [3.05, 3.63) is 28.8 Å². The lowest BCUT2D eigenvalue weighted by molar-refractivity contribution is 0.917. The van der Waals surface area contributed by atoms with Gasteiger partial charge in [0.05, 0.1) is 0 Å². The molecule has 0 radical (unpaired) electrons. The number of thiocarbonyl (C=S) groups is 1. The zero-order valence-corrected chi connectivity index (χ0v) is 13.0. The third-order valence-electron chi connectivity index (χ3n) is 3.68. The van der Waals surface area contributed by atoms with Gasteiger partial charge in [0, 0.05) is 11.7 Å². The molecule has 1 fully saturated rings. The highest BCUT2D eigenvalue weighted by molar-refractivity contribution is 7.80. The first-order valence-corrected chi connectivity index (χ1v) is 7.80. The molecule has 1 saturated carbocycles. The van der Waals surface area contributed by atoms with Crippen LogP contribution < -0.4 is 10.6 Å². The highest BCUT2D eigenvalue weighted by Gasteiger charge is 2.22. The van der Waals surface area contributed by atoms with E-state index in [0.717, 1.165) is 24.4 Å². The molecule has 1 aromatic rings. The van der Waals surface area contributed by atoms with E-state index in [0.29, 0.717) is 6.04 Å². The molecule has 1 aromatic carbocycles. The molecular weight excluding hydrogens is 252 g/mol. The van der Waals surface area contributed by atoms with Crippen molar-refractivity contribution in [1.82, 2.24) is 5.32 Å². The fourth-order valence-corrected chi connectivity index (χ4v) is 2.59. The van der Waals surface area contributed by atoms with Crippen molar-refractivity contribution in [1.29, 1.82) is 0 Å². The monoisotopic (exact) mass is 276 g/mol. The highest BCUT2D eigenvalue weighted by atomic mass is 32.1. The largest absolute Gasteiger partial charge is 0.360 e. The van der Waals surface area contributed by atoms with E-state index in [4.69, 9.17) is 12.2 Å². The minimum Gasteiger partial charge on any atom is -0.360 e. The molecule has 2 N–H and O–H groups in total. The third-order valence-corrected chi connectivity index (χ3v) is 3.90. The molecule has 1 aliphatic carbocycles. The highest BCUT2D eigenvalue weighted by Crippen LogP contribution is 2.26. The Hall–Kier alpha value is -1.09. The van der Waals surface area contributed by atoms with E-state index in [9.17, 15) is 0 Å². The number of hydrogen-bond donors (Lipinski definition) is 2. The Morgan fingerprint density at radius 2 is 1.68 bits per heavy atom. The number of nitrogens with one attached hydrogen (secondary N) is 2. The summed E-state index contributed by atoms with van der Waals surface area (Å²) in [6, 6.07) is 5.22. The van der Waals surface area contributed by atoms with Crippen molar-refractivity contribution in [2.45, 2.75) is 58.9 Å². The number of aryl methyl sites for hydroxylation is 3. The van der Waals surface area contributed by atoms with Crippen molar-refractivity contribution in [2.75, 3.05) is 5.32 Å². The molecule has 0 heterocycles. The molecule has 0 unspecified atom stereocenters. The first kappa shape index (κ1) is 14.3. The lowest BCUT2D eigenvalue weighted by atomic mass is 9.98. The second-order valence-electron chi connectivity index (χ2n) is 5.22. The van der Waals surface area contributed by atoms with Crippen LogP contribution >= 0.6 is 12.2 Å². The van der Waals surface area contributed by atoms with Crippen molar-refractivity contribution in [2.24, 2.45) is 0 Å². The SMILES string of the molecule is CCc1cc(CC)c(NC(=S)NC2CC2)c(CC)c1. The van der Waals surface area contributed by atoms with Crippen LogP contribution in [0.15, 0.2) is 12.1 Å². The molecule has 0 saturated heterocycles. The fourth-order valence-electron chi connectivity index (χ4n) is 2.32. The molecule has 0 spiro atoms. The molecule has 104 valence electrons. The molecule has 0 atom stereocenters. The van der Waals surface area contributed by atoms with E-state index >= 15 is 0 Å². The van der Waals surface area contributed by atoms with Gasteiger partial charge in [-0.3, -0.25) is 0 Å². The zero-order valence-electron chi connectivity index (χ0n) is 12.2. The predicted octanol–water partition coefficient (Wildman–Crippen LogP) is 3.82. The average Bonchev–Trinajstić information content (AvgIpc) is 3.22. The number of rotatable bonds is 5. The Balaban J connectivity index is 2.22. The van der Waals surface area contributed by atoms with Crippen LogP contribution in [0, 0.1) is 0 Å². The van der Waals surface area contributed by atoms with E-state index in [2.05, 4.69) is 43.5 Å².